The molecule has 5 heteroatoms. The van der Waals surface area contributed by atoms with Crippen LogP contribution in [0.4, 0.5) is 0 Å². The molecule has 4 rings (SSSR count). The number of nitrogens with zero attached hydrogens (tertiary/aromatic N) is 2. The van der Waals surface area contributed by atoms with Gasteiger partial charge in [-0.1, -0.05) is 68.1 Å². The molecule has 0 unspecified atom stereocenters. The second-order valence-corrected chi connectivity index (χ2v) is 8.29. The lowest BCUT2D eigenvalue weighted by Gasteiger charge is -2.43. The normalized spacial score (nSPS) is 20.9. The van der Waals surface area contributed by atoms with Gasteiger partial charge in [0.05, 0.1) is 7.11 Å². The van der Waals surface area contributed by atoms with Gasteiger partial charge in [0.1, 0.15) is 18.3 Å². The molecular weight excluding hydrogens is 376 g/mol. The van der Waals surface area contributed by atoms with Gasteiger partial charge in [0, 0.05) is 12.6 Å². The molecule has 1 atom stereocenters. The molecule has 30 heavy (non-hydrogen) atoms. The summed E-state index contributed by atoms with van der Waals surface area (Å²) in [5, 5.41) is 0. The highest BCUT2D eigenvalue weighted by molar-refractivity contribution is 5.95. The minimum Gasteiger partial charge on any atom is -0.497 e. The van der Waals surface area contributed by atoms with E-state index in [1.807, 2.05) is 59.5 Å². The average Bonchev–Trinajstić information content (AvgIpc) is 3.07. The van der Waals surface area contributed by atoms with Crippen LogP contribution in [-0.4, -0.2) is 41.3 Å². The van der Waals surface area contributed by atoms with Crippen molar-refractivity contribution in [1.29, 1.82) is 0 Å². The van der Waals surface area contributed by atoms with E-state index in [9.17, 15) is 9.59 Å². The van der Waals surface area contributed by atoms with Gasteiger partial charge in [0.25, 0.3) is 5.91 Å². The highest BCUT2D eigenvalue weighted by Crippen LogP contribution is 2.33. The summed E-state index contributed by atoms with van der Waals surface area (Å²) in [5.41, 5.74) is 1.86. The third kappa shape index (κ3) is 4.35. The number of carbonyl (C=O) groups is 2. The number of amides is 2. The lowest BCUT2D eigenvalue weighted by molar-refractivity contribution is -0.159. The Bertz CT molecular complexity index is 858. The molecule has 158 valence electrons. The van der Waals surface area contributed by atoms with E-state index in [0.29, 0.717) is 6.54 Å². The van der Waals surface area contributed by atoms with Gasteiger partial charge in [0.2, 0.25) is 5.91 Å². The molecule has 0 radical (unpaired) electrons. The second-order valence-electron chi connectivity index (χ2n) is 8.29. The van der Waals surface area contributed by atoms with E-state index in [4.69, 9.17) is 4.74 Å². The molecule has 0 aromatic heterocycles. The summed E-state index contributed by atoms with van der Waals surface area (Å²) in [7, 11) is 1.62. The topological polar surface area (TPSA) is 49.9 Å². The Morgan fingerprint density at radius 1 is 0.900 bits per heavy atom. The predicted molar refractivity (Wildman–Crippen MR) is 116 cm³/mol. The van der Waals surface area contributed by atoms with Crippen molar-refractivity contribution in [1.82, 2.24) is 9.80 Å². The van der Waals surface area contributed by atoms with Gasteiger partial charge in [0.15, 0.2) is 0 Å². The van der Waals surface area contributed by atoms with Crippen molar-refractivity contribution in [2.75, 3.05) is 13.7 Å². The summed E-state index contributed by atoms with van der Waals surface area (Å²) in [4.78, 5) is 30.6. The molecule has 1 saturated heterocycles. The zero-order valence-corrected chi connectivity index (χ0v) is 17.6. The van der Waals surface area contributed by atoms with Gasteiger partial charge in [-0.2, -0.15) is 0 Å². The molecule has 5 nitrogen and oxygen atoms in total. The van der Waals surface area contributed by atoms with Crippen molar-refractivity contribution in [2.24, 2.45) is 0 Å². The first-order chi connectivity index (χ1) is 14.7. The van der Waals surface area contributed by atoms with Crippen LogP contribution in [0.15, 0.2) is 54.6 Å². The first-order valence-electron chi connectivity index (χ1n) is 10.9. The fourth-order valence-corrected chi connectivity index (χ4v) is 4.70. The summed E-state index contributed by atoms with van der Waals surface area (Å²) in [6.07, 6.45) is 6.68. The molecule has 2 aromatic carbocycles. The number of carbonyl (C=O) groups excluding carboxylic acids is 2. The van der Waals surface area contributed by atoms with Crippen LogP contribution in [-0.2, 0) is 16.1 Å². The standard InChI is InChI=1S/C25H30N2O3/c1-30-22-15-13-20(14-16-22)24-25(29)26(21-11-7-2-3-8-12-21)18-23(28)27(24)17-19-9-5-4-6-10-19/h4-6,9-10,13-16,21,24H,2-3,7-8,11-12,17-18H2,1H3/t24-/m0/s1. The summed E-state index contributed by atoms with van der Waals surface area (Å²) < 4.78 is 5.28. The quantitative estimate of drug-likeness (QED) is 0.695. The Kier molecular flexibility index (Phi) is 6.36. The number of hydrogen-bond donors (Lipinski definition) is 0. The van der Waals surface area contributed by atoms with E-state index in [1.54, 1.807) is 12.0 Å². The summed E-state index contributed by atoms with van der Waals surface area (Å²) >= 11 is 0. The van der Waals surface area contributed by atoms with Crippen molar-refractivity contribution in [3.05, 3.63) is 65.7 Å². The summed E-state index contributed by atoms with van der Waals surface area (Å²) in [5.74, 6) is 0.801. The Balaban J connectivity index is 1.66. The zero-order valence-electron chi connectivity index (χ0n) is 17.6. The van der Waals surface area contributed by atoms with E-state index >= 15 is 0 Å². The van der Waals surface area contributed by atoms with Crippen molar-refractivity contribution >= 4 is 11.8 Å². The van der Waals surface area contributed by atoms with Crippen LogP contribution in [0, 0.1) is 0 Å². The number of hydrogen-bond acceptors (Lipinski definition) is 3. The maximum Gasteiger partial charge on any atom is 0.250 e. The lowest BCUT2D eigenvalue weighted by atomic mass is 9.97. The smallest absolute Gasteiger partial charge is 0.250 e. The number of rotatable bonds is 5. The fraction of sp³-hybridized carbons (Fsp3) is 0.440. The minimum absolute atomic E-state index is 0.0171. The molecule has 1 aliphatic carbocycles. The third-order valence-electron chi connectivity index (χ3n) is 6.35. The molecule has 0 N–H and O–H groups in total. The van der Waals surface area contributed by atoms with Crippen LogP contribution in [0.2, 0.25) is 0 Å². The lowest BCUT2D eigenvalue weighted by Crippen LogP contribution is -2.57. The number of benzene rings is 2. The van der Waals surface area contributed by atoms with Crippen molar-refractivity contribution < 1.29 is 14.3 Å². The van der Waals surface area contributed by atoms with Crippen molar-refractivity contribution in [3.8, 4) is 5.75 Å². The molecule has 0 bridgehead atoms. The Morgan fingerprint density at radius 2 is 1.57 bits per heavy atom. The third-order valence-corrected chi connectivity index (χ3v) is 6.35. The molecule has 1 aliphatic heterocycles. The van der Waals surface area contributed by atoms with E-state index in [2.05, 4.69) is 0 Å². The SMILES string of the molecule is COc1ccc([C@H]2C(=O)N(C3CCCCCC3)CC(=O)N2Cc2ccccc2)cc1. The van der Waals surface area contributed by atoms with Crippen LogP contribution in [0.3, 0.4) is 0 Å². The molecule has 2 aromatic rings. The number of piperazine rings is 1. The molecule has 1 heterocycles. The van der Waals surface area contributed by atoms with Gasteiger partial charge in [-0.25, -0.2) is 0 Å². The number of methoxy groups -OCH3 is 1. The first-order valence-corrected chi connectivity index (χ1v) is 10.9. The molecule has 0 spiro atoms. The second kappa shape index (κ2) is 9.33. The highest BCUT2D eigenvalue weighted by Gasteiger charge is 2.42. The maximum absolute atomic E-state index is 13.7. The molecule has 1 saturated carbocycles. The maximum atomic E-state index is 13.7. The van der Waals surface area contributed by atoms with Crippen LogP contribution in [0.5, 0.6) is 5.75 Å². The number of ether oxygens (including phenoxy) is 1. The molecule has 2 aliphatic rings. The summed E-state index contributed by atoms with van der Waals surface area (Å²) in [6, 6.07) is 17.0. The van der Waals surface area contributed by atoms with Crippen LogP contribution in [0.25, 0.3) is 0 Å². The van der Waals surface area contributed by atoms with Crippen LogP contribution >= 0.6 is 0 Å². The van der Waals surface area contributed by atoms with E-state index in [1.165, 1.54) is 12.8 Å². The summed E-state index contributed by atoms with van der Waals surface area (Å²) in [6.45, 7) is 0.615. The Labute approximate surface area is 178 Å². The van der Waals surface area contributed by atoms with Crippen LogP contribution in [0.1, 0.15) is 55.7 Å². The molecular formula is C25H30N2O3. The zero-order chi connectivity index (χ0) is 20.9. The minimum atomic E-state index is -0.597. The van der Waals surface area contributed by atoms with Gasteiger partial charge in [-0.15, -0.1) is 0 Å². The highest BCUT2D eigenvalue weighted by atomic mass is 16.5. The van der Waals surface area contributed by atoms with Gasteiger partial charge >= 0.3 is 0 Å². The predicted octanol–water partition coefficient (Wildman–Crippen LogP) is 4.33. The van der Waals surface area contributed by atoms with E-state index in [-0.39, 0.29) is 24.4 Å². The largest absolute Gasteiger partial charge is 0.497 e. The van der Waals surface area contributed by atoms with Gasteiger partial charge in [-0.3, -0.25) is 9.59 Å². The van der Waals surface area contributed by atoms with E-state index < -0.39 is 6.04 Å². The molecule has 2 amide bonds. The van der Waals surface area contributed by atoms with Crippen LogP contribution < -0.4 is 4.74 Å². The van der Waals surface area contributed by atoms with Crippen molar-refractivity contribution in [2.45, 2.75) is 57.2 Å². The fourth-order valence-electron chi connectivity index (χ4n) is 4.70. The molecule has 2 fully saturated rings. The van der Waals surface area contributed by atoms with E-state index in [0.717, 1.165) is 42.6 Å². The van der Waals surface area contributed by atoms with Gasteiger partial charge < -0.3 is 14.5 Å². The Hall–Kier alpha value is -2.82. The Morgan fingerprint density at radius 3 is 2.20 bits per heavy atom. The van der Waals surface area contributed by atoms with Gasteiger partial charge in [-0.05, 0) is 36.1 Å². The van der Waals surface area contributed by atoms with Crippen molar-refractivity contribution in [3.63, 3.8) is 0 Å². The average molecular weight is 407 g/mol. The first kappa shape index (κ1) is 20.5. The monoisotopic (exact) mass is 406 g/mol.